The summed E-state index contributed by atoms with van der Waals surface area (Å²) in [5.41, 5.74) is 2.30. The van der Waals surface area contributed by atoms with Crippen LogP contribution in [0.5, 0.6) is 5.75 Å². The highest BCUT2D eigenvalue weighted by molar-refractivity contribution is 14.0. The maximum atomic E-state index is 5.87. The van der Waals surface area contributed by atoms with Crippen LogP contribution in [0.3, 0.4) is 0 Å². The number of nitrogens with one attached hydrogen (secondary N) is 2. The van der Waals surface area contributed by atoms with Crippen molar-refractivity contribution >= 4 is 29.9 Å². The highest BCUT2D eigenvalue weighted by atomic mass is 127. The van der Waals surface area contributed by atoms with Crippen LogP contribution in [0.25, 0.3) is 0 Å². The smallest absolute Gasteiger partial charge is 0.191 e. The Labute approximate surface area is 173 Å². The number of rotatable bonds is 9. The van der Waals surface area contributed by atoms with Crippen LogP contribution in [0, 0.1) is 0 Å². The van der Waals surface area contributed by atoms with Crippen LogP contribution in [0.1, 0.15) is 18.1 Å². The number of hydrogen-bond acceptors (Lipinski definition) is 3. The lowest BCUT2D eigenvalue weighted by Gasteiger charge is -2.13. The number of halogens is 1. The largest absolute Gasteiger partial charge is 0.489 e. The van der Waals surface area contributed by atoms with Gasteiger partial charge in [0, 0.05) is 20.2 Å². The molecule has 2 rings (SSSR count). The first-order valence-corrected chi connectivity index (χ1v) is 8.59. The Hall–Kier alpha value is -1.80. The van der Waals surface area contributed by atoms with Crippen molar-refractivity contribution in [1.82, 2.24) is 10.6 Å². The number of hydrogen-bond donors (Lipinski definition) is 2. The average Bonchev–Trinajstić information content (AvgIpc) is 2.66. The molecule has 0 atom stereocenters. The van der Waals surface area contributed by atoms with Crippen LogP contribution in [0.15, 0.2) is 59.6 Å². The molecule has 0 bridgehead atoms. The van der Waals surface area contributed by atoms with Gasteiger partial charge in [0.1, 0.15) is 12.4 Å². The fourth-order valence-electron chi connectivity index (χ4n) is 2.31. The molecule has 142 valence electrons. The zero-order valence-electron chi connectivity index (χ0n) is 15.4. The lowest BCUT2D eigenvalue weighted by Crippen LogP contribution is -2.38. The lowest BCUT2D eigenvalue weighted by molar-refractivity contribution is 0.203. The molecule has 0 aromatic heterocycles. The second-order valence-electron chi connectivity index (χ2n) is 5.49. The van der Waals surface area contributed by atoms with E-state index < -0.39 is 0 Å². The maximum absolute atomic E-state index is 5.87. The Morgan fingerprint density at radius 1 is 0.962 bits per heavy atom. The molecule has 0 aliphatic heterocycles. The summed E-state index contributed by atoms with van der Waals surface area (Å²) in [4.78, 5) is 4.65. The molecule has 0 radical (unpaired) electrons. The van der Waals surface area contributed by atoms with Gasteiger partial charge in [0.15, 0.2) is 5.96 Å². The van der Waals surface area contributed by atoms with Crippen LogP contribution in [-0.2, 0) is 17.9 Å². The minimum Gasteiger partial charge on any atom is -0.489 e. The molecule has 0 saturated carbocycles. The Morgan fingerprint density at radius 2 is 1.65 bits per heavy atom. The molecule has 2 aromatic carbocycles. The van der Waals surface area contributed by atoms with Crippen LogP contribution in [0.2, 0.25) is 0 Å². The van der Waals surface area contributed by atoms with Gasteiger partial charge < -0.3 is 20.1 Å². The zero-order valence-corrected chi connectivity index (χ0v) is 17.7. The van der Waals surface area contributed by atoms with E-state index >= 15 is 0 Å². The third-order valence-electron chi connectivity index (χ3n) is 3.61. The van der Waals surface area contributed by atoms with Gasteiger partial charge in [-0.15, -0.1) is 24.0 Å². The molecule has 2 N–H and O–H groups in total. The first-order valence-electron chi connectivity index (χ1n) is 8.59. The number of methoxy groups -OCH3 is 1. The average molecular weight is 469 g/mol. The Bertz CT molecular complexity index is 651. The zero-order chi connectivity index (χ0) is 17.7. The second-order valence-corrected chi connectivity index (χ2v) is 5.49. The molecule has 26 heavy (non-hydrogen) atoms. The molecule has 0 amide bonds. The minimum atomic E-state index is 0. The van der Waals surface area contributed by atoms with E-state index in [1.54, 1.807) is 7.11 Å². The van der Waals surface area contributed by atoms with Crippen LogP contribution in [0.4, 0.5) is 0 Å². The van der Waals surface area contributed by atoms with Crippen molar-refractivity contribution in [3.8, 4) is 5.75 Å². The predicted octanol–water partition coefficient (Wildman–Crippen LogP) is 3.59. The van der Waals surface area contributed by atoms with Gasteiger partial charge in [0.05, 0.1) is 13.2 Å². The van der Waals surface area contributed by atoms with Gasteiger partial charge in [-0.25, -0.2) is 4.99 Å². The Kier molecular flexibility index (Phi) is 11.5. The fraction of sp³-hybridized carbons (Fsp3) is 0.350. The van der Waals surface area contributed by atoms with Gasteiger partial charge in [-0.1, -0.05) is 42.5 Å². The van der Waals surface area contributed by atoms with E-state index in [9.17, 15) is 0 Å². The quantitative estimate of drug-likeness (QED) is 0.255. The van der Waals surface area contributed by atoms with Gasteiger partial charge >= 0.3 is 0 Å². The third kappa shape index (κ3) is 8.05. The summed E-state index contributed by atoms with van der Waals surface area (Å²) in [5.74, 6) is 1.66. The summed E-state index contributed by atoms with van der Waals surface area (Å²) in [5, 5.41) is 6.49. The van der Waals surface area contributed by atoms with E-state index in [-0.39, 0.29) is 24.0 Å². The Morgan fingerprint density at radius 3 is 2.35 bits per heavy atom. The number of nitrogens with zero attached hydrogens (tertiary/aromatic N) is 1. The fourth-order valence-corrected chi connectivity index (χ4v) is 2.31. The summed E-state index contributed by atoms with van der Waals surface area (Å²) in [6.45, 7) is 5.36. The molecule has 0 heterocycles. The monoisotopic (exact) mass is 469 g/mol. The predicted molar refractivity (Wildman–Crippen MR) is 117 cm³/mol. The first kappa shape index (κ1) is 22.2. The van der Waals surface area contributed by atoms with Crippen LogP contribution < -0.4 is 15.4 Å². The van der Waals surface area contributed by atoms with E-state index in [0.717, 1.165) is 35.9 Å². The van der Waals surface area contributed by atoms with Crippen molar-refractivity contribution in [2.24, 2.45) is 4.99 Å². The van der Waals surface area contributed by atoms with Gasteiger partial charge in [0.25, 0.3) is 0 Å². The highest BCUT2D eigenvalue weighted by Crippen LogP contribution is 2.15. The van der Waals surface area contributed by atoms with Crippen LogP contribution >= 0.6 is 24.0 Å². The number of ether oxygens (including phenoxy) is 2. The van der Waals surface area contributed by atoms with E-state index in [0.29, 0.717) is 19.8 Å². The van der Waals surface area contributed by atoms with Gasteiger partial charge in [0.2, 0.25) is 0 Å². The molecule has 0 aliphatic carbocycles. The normalized spacial score (nSPS) is 10.8. The third-order valence-corrected chi connectivity index (χ3v) is 3.61. The van der Waals surface area contributed by atoms with Crippen molar-refractivity contribution in [1.29, 1.82) is 0 Å². The molecule has 0 fully saturated rings. The summed E-state index contributed by atoms with van der Waals surface area (Å²) in [7, 11) is 1.69. The molecular formula is C20H28IN3O2. The van der Waals surface area contributed by atoms with E-state index in [1.165, 1.54) is 0 Å². The lowest BCUT2D eigenvalue weighted by atomic mass is 10.1. The van der Waals surface area contributed by atoms with Crippen molar-refractivity contribution in [3.63, 3.8) is 0 Å². The standard InChI is InChI=1S/C20H27N3O2.HI/c1-3-21-20(22-13-14-24-2)23-15-17-9-7-8-10-18(17)16-25-19-11-5-4-6-12-19;/h4-12H,3,13-16H2,1-2H3,(H2,21,22,23);1H. The van der Waals surface area contributed by atoms with Crippen molar-refractivity contribution in [2.75, 3.05) is 26.8 Å². The molecule has 6 heteroatoms. The van der Waals surface area contributed by atoms with Crippen molar-refractivity contribution < 1.29 is 9.47 Å². The molecule has 5 nitrogen and oxygen atoms in total. The van der Waals surface area contributed by atoms with E-state index in [1.807, 2.05) is 42.5 Å². The number of guanidine groups is 1. The minimum absolute atomic E-state index is 0. The Balaban J connectivity index is 0.00000338. The topological polar surface area (TPSA) is 54.9 Å². The van der Waals surface area contributed by atoms with Gasteiger partial charge in [-0.05, 0) is 30.2 Å². The molecule has 2 aromatic rings. The van der Waals surface area contributed by atoms with E-state index in [2.05, 4.69) is 34.7 Å². The van der Waals surface area contributed by atoms with Gasteiger partial charge in [-0.2, -0.15) is 0 Å². The highest BCUT2D eigenvalue weighted by Gasteiger charge is 2.04. The summed E-state index contributed by atoms with van der Waals surface area (Å²) >= 11 is 0. The molecular weight excluding hydrogens is 441 g/mol. The molecule has 0 unspecified atom stereocenters. The van der Waals surface area contributed by atoms with Gasteiger partial charge in [-0.3, -0.25) is 0 Å². The number of para-hydroxylation sites is 1. The summed E-state index contributed by atoms with van der Waals surface area (Å²) in [6, 6.07) is 18.1. The SMILES string of the molecule is CCNC(=NCc1ccccc1COc1ccccc1)NCCOC.I. The van der Waals surface area contributed by atoms with Crippen LogP contribution in [-0.4, -0.2) is 32.8 Å². The molecule has 0 saturated heterocycles. The van der Waals surface area contributed by atoms with Crippen molar-refractivity contribution in [3.05, 3.63) is 65.7 Å². The number of aliphatic imine (C=N–C) groups is 1. The molecule has 0 aliphatic rings. The first-order chi connectivity index (χ1) is 12.3. The maximum Gasteiger partial charge on any atom is 0.191 e. The van der Waals surface area contributed by atoms with E-state index in [4.69, 9.17) is 9.47 Å². The molecule has 0 spiro atoms. The van der Waals surface area contributed by atoms with Crippen molar-refractivity contribution in [2.45, 2.75) is 20.1 Å². The summed E-state index contributed by atoms with van der Waals surface area (Å²) in [6.07, 6.45) is 0. The number of benzene rings is 2. The second kappa shape index (κ2) is 13.4. The summed E-state index contributed by atoms with van der Waals surface area (Å²) < 4.78 is 10.9.